The Hall–Kier alpha value is -1.86. The Balaban J connectivity index is 1.79. The summed E-state index contributed by atoms with van der Waals surface area (Å²) in [6.07, 6.45) is 2.49. The summed E-state index contributed by atoms with van der Waals surface area (Å²) in [4.78, 5) is 13.8. The Labute approximate surface area is 146 Å². The summed E-state index contributed by atoms with van der Waals surface area (Å²) in [6, 6.07) is 10.2. The average Bonchev–Trinajstić information content (AvgIpc) is 3.25. The molecule has 0 amide bonds. The maximum atomic E-state index is 11.4. The van der Waals surface area contributed by atoms with Crippen LogP contribution in [0.15, 0.2) is 35.5 Å². The first-order valence-corrected chi connectivity index (χ1v) is 9.13. The number of methoxy groups -OCH3 is 1. The third-order valence-electron chi connectivity index (χ3n) is 4.09. The quantitative estimate of drug-likeness (QED) is 0.566. The molecule has 3 rings (SSSR count). The van der Waals surface area contributed by atoms with E-state index in [9.17, 15) is 4.79 Å². The summed E-state index contributed by atoms with van der Waals surface area (Å²) in [5, 5.41) is 9.44. The maximum Gasteiger partial charge on any atom is 0.316 e. The molecular formula is C17H22N4O2S. The van der Waals surface area contributed by atoms with Gasteiger partial charge in [0.1, 0.15) is 5.82 Å². The van der Waals surface area contributed by atoms with Crippen molar-refractivity contribution in [3.05, 3.63) is 41.7 Å². The van der Waals surface area contributed by atoms with Crippen LogP contribution in [0.25, 0.3) is 0 Å². The number of hydrogen-bond donors (Lipinski definition) is 0. The predicted octanol–water partition coefficient (Wildman–Crippen LogP) is 2.19. The van der Waals surface area contributed by atoms with Crippen molar-refractivity contribution in [2.45, 2.75) is 31.1 Å². The fraction of sp³-hybridized carbons (Fsp3) is 0.471. The number of thioether (sulfide) groups is 1. The van der Waals surface area contributed by atoms with Gasteiger partial charge in [0.05, 0.1) is 26.0 Å². The van der Waals surface area contributed by atoms with Crippen molar-refractivity contribution < 1.29 is 9.53 Å². The highest BCUT2D eigenvalue weighted by Crippen LogP contribution is 2.21. The second kappa shape index (κ2) is 8.30. The molecule has 0 N–H and O–H groups in total. The van der Waals surface area contributed by atoms with Gasteiger partial charge in [-0.2, -0.15) is 0 Å². The molecule has 0 saturated carbocycles. The molecule has 7 heteroatoms. The van der Waals surface area contributed by atoms with E-state index in [-0.39, 0.29) is 11.7 Å². The van der Waals surface area contributed by atoms with Crippen LogP contribution in [0.1, 0.15) is 24.2 Å². The number of aromatic nitrogens is 3. The summed E-state index contributed by atoms with van der Waals surface area (Å²) in [5.74, 6) is 0.941. The molecule has 6 nitrogen and oxygen atoms in total. The standard InChI is InChI=1S/C17H22N4O2S/c1-23-16(22)13-24-17-19-18-15(12-20-9-5-6-10-20)21(17)11-14-7-3-2-4-8-14/h2-4,7-8H,5-6,9-13H2,1H3. The van der Waals surface area contributed by atoms with Gasteiger partial charge < -0.3 is 9.30 Å². The van der Waals surface area contributed by atoms with Gasteiger partial charge in [0.2, 0.25) is 0 Å². The van der Waals surface area contributed by atoms with Gasteiger partial charge in [-0.15, -0.1) is 10.2 Å². The minimum Gasteiger partial charge on any atom is -0.468 e. The summed E-state index contributed by atoms with van der Waals surface area (Å²) in [6.45, 7) is 3.74. The fourth-order valence-electron chi connectivity index (χ4n) is 2.79. The Morgan fingerprint density at radius 3 is 2.62 bits per heavy atom. The highest BCUT2D eigenvalue weighted by atomic mass is 32.2. The number of hydrogen-bond acceptors (Lipinski definition) is 6. The van der Waals surface area contributed by atoms with Crippen molar-refractivity contribution in [1.29, 1.82) is 0 Å². The summed E-state index contributed by atoms with van der Waals surface area (Å²) >= 11 is 1.37. The number of rotatable bonds is 7. The topological polar surface area (TPSA) is 60.2 Å². The second-order valence-corrected chi connectivity index (χ2v) is 6.76. The van der Waals surface area contributed by atoms with Crippen LogP contribution in [-0.4, -0.2) is 51.6 Å². The van der Waals surface area contributed by atoms with Gasteiger partial charge in [-0.3, -0.25) is 9.69 Å². The molecule has 2 heterocycles. The number of carbonyl (C=O) groups is 1. The van der Waals surface area contributed by atoms with Gasteiger partial charge in [0, 0.05) is 0 Å². The van der Waals surface area contributed by atoms with Gasteiger partial charge in [-0.25, -0.2) is 0 Å². The van der Waals surface area contributed by atoms with E-state index in [4.69, 9.17) is 4.74 Å². The Morgan fingerprint density at radius 2 is 1.92 bits per heavy atom. The molecule has 1 fully saturated rings. The minimum atomic E-state index is -0.254. The SMILES string of the molecule is COC(=O)CSc1nnc(CN2CCCC2)n1Cc1ccccc1. The van der Waals surface area contributed by atoms with Gasteiger partial charge >= 0.3 is 5.97 Å². The first kappa shape index (κ1) is 17.0. The molecule has 24 heavy (non-hydrogen) atoms. The molecule has 0 atom stereocenters. The highest BCUT2D eigenvalue weighted by molar-refractivity contribution is 7.99. The predicted molar refractivity (Wildman–Crippen MR) is 92.8 cm³/mol. The fourth-order valence-corrected chi connectivity index (χ4v) is 3.58. The van der Waals surface area contributed by atoms with Crippen LogP contribution in [0.2, 0.25) is 0 Å². The summed E-state index contributed by atoms with van der Waals surface area (Å²) in [5.41, 5.74) is 1.19. The lowest BCUT2D eigenvalue weighted by atomic mass is 10.2. The van der Waals surface area contributed by atoms with Crippen molar-refractivity contribution in [2.24, 2.45) is 0 Å². The lowest BCUT2D eigenvalue weighted by Crippen LogP contribution is -2.21. The van der Waals surface area contributed by atoms with Crippen molar-refractivity contribution >= 4 is 17.7 Å². The van der Waals surface area contributed by atoms with E-state index in [1.165, 1.54) is 37.3 Å². The van der Waals surface area contributed by atoms with Crippen molar-refractivity contribution in [3.63, 3.8) is 0 Å². The number of likely N-dealkylation sites (tertiary alicyclic amines) is 1. The Bertz CT molecular complexity index is 668. The first-order chi connectivity index (χ1) is 11.8. The molecular weight excluding hydrogens is 324 g/mol. The lowest BCUT2D eigenvalue weighted by molar-refractivity contribution is -0.137. The normalized spacial score (nSPS) is 14.9. The molecule has 0 aliphatic carbocycles. The average molecular weight is 346 g/mol. The maximum absolute atomic E-state index is 11.4. The van der Waals surface area contributed by atoms with Crippen LogP contribution < -0.4 is 0 Å². The van der Waals surface area contributed by atoms with Gasteiger partial charge in [0.25, 0.3) is 0 Å². The third kappa shape index (κ3) is 4.36. The number of nitrogens with zero attached hydrogens (tertiary/aromatic N) is 4. The first-order valence-electron chi connectivity index (χ1n) is 8.14. The summed E-state index contributed by atoms with van der Waals surface area (Å²) < 4.78 is 6.83. The molecule has 1 aliphatic heterocycles. The number of benzene rings is 1. The van der Waals surface area contributed by atoms with Crippen LogP contribution in [0.3, 0.4) is 0 Å². The molecule has 128 valence electrons. The lowest BCUT2D eigenvalue weighted by Gasteiger charge is -2.16. The van der Waals surface area contributed by atoms with E-state index in [0.29, 0.717) is 6.54 Å². The zero-order valence-electron chi connectivity index (χ0n) is 13.9. The molecule has 1 aromatic heterocycles. The van der Waals surface area contributed by atoms with E-state index in [2.05, 4.69) is 31.8 Å². The summed E-state index contributed by atoms with van der Waals surface area (Å²) in [7, 11) is 1.40. The van der Waals surface area contributed by atoms with Crippen LogP contribution >= 0.6 is 11.8 Å². The van der Waals surface area contributed by atoms with E-state index in [1.807, 2.05) is 18.2 Å². The number of ether oxygens (including phenoxy) is 1. The Kier molecular flexibility index (Phi) is 5.87. The van der Waals surface area contributed by atoms with E-state index in [0.717, 1.165) is 30.6 Å². The molecule has 1 aliphatic rings. The monoisotopic (exact) mass is 346 g/mol. The number of esters is 1. The second-order valence-electron chi connectivity index (χ2n) is 5.82. The molecule has 1 saturated heterocycles. The molecule has 0 unspecified atom stereocenters. The van der Waals surface area contributed by atoms with Crippen molar-refractivity contribution in [1.82, 2.24) is 19.7 Å². The zero-order chi connectivity index (χ0) is 16.8. The largest absolute Gasteiger partial charge is 0.468 e. The zero-order valence-corrected chi connectivity index (χ0v) is 14.7. The van der Waals surface area contributed by atoms with Crippen LogP contribution in [0, 0.1) is 0 Å². The van der Waals surface area contributed by atoms with Gasteiger partial charge in [-0.05, 0) is 31.5 Å². The van der Waals surface area contributed by atoms with Crippen LogP contribution in [0.5, 0.6) is 0 Å². The Morgan fingerprint density at radius 1 is 1.17 bits per heavy atom. The van der Waals surface area contributed by atoms with E-state index in [1.54, 1.807) is 0 Å². The highest BCUT2D eigenvalue weighted by Gasteiger charge is 2.19. The van der Waals surface area contributed by atoms with E-state index >= 15 is 0 Å². The molecule has 2 aromatic rings. The van der Waals surface area contributed by atoms with Crippen molar-refractivity contribution in [3.8, 4) is 0 Å². The number of carbonyl (C=O) groups excluding carboxylic acids is 1. The van der Waals surface area contributed by atoms with E-state index < -0.39 is 0 Å². The molecule has 1 aromatic carbocycles. The third-order valence-corrected chi connectivity index (χ3v) is 5.03. The van der Waals surface area contributed by atoms with Crippen molar-refractivity contribution in [2.75, 3.05) is 26.0 Å². The molecule has 0 bridgehead atoms. The molecule has 0 radical (unpaired) electrons. The smallest absolute Gasteiger partial charge is 0.316 e. The minimum absolute atomic E-state index is 0.243. The van der Waals surface area contributed by atoms with Gasteiger partial charge in [-0.1, -0.05) is 42.1 Å². The van der Waals surface area contributed by atoms with Crippen LogP contribution in [-0.2, 0) is 22.6 Å². The van der Waals surface area contributed by atoms with Crippen LogP contribution in [0.4, 0.5) is 0 Å². The molecule has 0 spiro atoms. The van der Waals surface area contributed by atoms with Gasteiger partial charge in [0.15, 0.2) is 5.16 Å².